The molecule has 0 fully saturated rings. The van der Waals surface area contributed by atoms with Crippen LogP contribution in [0.1, 0.15) is 36.0 Å². The molecule has 0 bridgehead atoms. The number of nitrogens with zero attached hydrogens (tertiary/aromatic N) is 3. The van der Waals surface area contributed by atoms with Gasteiger partial charge in [0.1, 0.15) is 11.6 Å². The third-order valence-corrected chi connectivity index (χ3v) is 4.80. The van der Waals surface area contributed by atoms with Crippen LogP contribution in [0.15, 0.2) is 24.3 Å². The Morgan fingerprint density at radius 3 is 3.08 bits per heavy atom. The summed E-state index contributed by atoms with van der Waals surface area (Å²) in [4.78, 5) is 24.5. The van der Waals surface area contributed by atoms with E-state index in [2.05, 4.69) is 20.8 Å². The molecular weight excluding hydrogens is 306 g/mol. The van der Waals surface area contributed by atoms with Crippen molar-refractivity contribution < 1.29 is 9.59 Å². The highest BCUT2D eigenvalue weighted by atomic mass is 16.2. The van der Waals surface area contributed by atoms with Crippen LogP contribution in [0, 0.1) is 6.92 Å². The van der Waals surface area contributed by atoms with E-state index in [0.717, 1.165) is 35.7 Å². The molecule has 0 unspecified atom stereocenters. The van der Waals surface area contributed by atoms with Gasteiger partial charge in [-0.2, -0.15) is 0 Å². The number of hydrogen-bond acceptors (Lipinski definition) is 4. The van der Waals surface area contributed by atoms with Gasteiger partial charge in [0.2, 0.25) is 11.8 Å². The van der Waals surface area contributed by atoms with E-state index >= 15 is 0 Å². The van der Waals surface area contributed by atoms with Crippen molar-refractivity contribution in [3.63, 3.8) is 0 Å². The number of para-hydroxylation sites is 1. The van der Waals surface area contributed by atoms with Crippen LogP contribution in [0.5, 0.6) is 0 Å². The van der Waals surface area contributed by atoms with Crippen molar-refractivity contribution in [3.05, 3.63) is 41.5 Å². The average molecular weight is 325 g/mol. The molecule has 2 aliphatic rings. The summed E-state index contributed by atoms with van der Waals surface area (Å²) in [5.41, 5.74) is 1.71. The molecular formula is C17H19N5O2. The number of anilines is 1. The summed E-state index contributed by atoms with van der Waals surface area (Å²) in [5, 5.41) is 14.1. The van der Waals surface area contributed by atoms with Gasteiger partial charge >= 0.3 is 0 Å². The molecule has 2 amide bonds. The average Bonchev–Trinajstić information content (AvgIpc) is 3.09. The molecule has 0 saturated heterocycles. The Morgan fingerprint density at radius 1 is 1.38 bits per heavy atom. The lowest BCUT2D eigenvalue weighted by Crippen LogP contribution is -2.42. The molecule has 3 heterocycles. The van der Waals surface area contributed by atoms with Gasteiger partial charge in [-0.1, -0.05) is 18.2 Å². The lowest BCUT2D eigenvalue weighted by Gasteiger charge is -2.25. The minimum absolute atomic E-state index is 0.0550. The number of fused-ring (bicyclic) bond motifs is 2. The first-order valence-corrected chi connectivity index (χ1v) is 8.19. The molecule has 0 radical (unpaired) electrons. The maximum absolute atomic E-state index is 12.4. The van der Waals surface area contributed by atoms with E-state index < -0.39 is 5.92 Å². The third-order valence-electron chi connectivity index (χ3n) is 4.80. The van der Waals surface area contributed by atoms with Gasteiger partial charge < -0.3 is 15.2 Å². The molecule has 24 heavy (non-hydrogen) atoms. The van der Waals surface area contributed by atoms with Gasteiger partial charge in [0, 0.05) is 31.1 Å². The van der Waals surface area contributed by atoms with E-state index in [9.17, 15) is 9.59 Å². The topological polar surface area (TPSA) is 88.9 Å². The fourth-order valence-corrected chi connectivity index (χ4v) is 3.53. The fourth-order valence-electron chi connectivity index (χ4n) is 3.53. The summed E-state index contributed by atoms with van der Waals surface area (Å²) < 4.78 is 2.05. The molecule has 0 saturated carbocycles. The van der Waals surface area contributed by atoms with Crippen molar-refractivity contribution in [1.29, 1.82) is 0 Å². The molecule has 1 aromatic heterocycles. The van der Waals surface area contributed by atoms with Gasteiger partial charge in [-0.15, -0.1) is 10.2 Å². The Morgan fingerprint density at radius 2 is 2.21 bits per heavy atom. The zero-order valence-electron chi connectivity index (χ0n) is 13.5. The van der Waals surface area contributed by atoms with Crippen molar-refractivity contribution in [1.82, 2.24) is 20.1 Å². The first-order chi connectivity index (χ1) is 11.6. The van der Waals surface area contributed by atoms with Crippen LogP contribution >= 0.6 is 0 Å². The molecule has 7 nitrogen and oxygen atoms in total. The highest BCUT2D eigenvalue weighted by Crippen LogP contribution is 2.34. The minimum atomic E-state index is -0.406. The standard InChI is InChI=1S/C17H19N5O2/c1-10-20-21-15-7-6-11(9-22(10)15)18-16(23)8-13-12-4-2-3-5-14(12)19-17(13)24/h2-5,11,13H,6-9H2,1H3,(H,18,23)(H,19,24)/t11-,13+/m1/s1. The molecule has 2 aromatic rings. The molecule has 7 heteroatoms. The molecule has 2 N–H and O–H groups in total. The molecule has 2 atom stereocenters. The Hall–Kier alpha value is -2.70. The van der Waals surface area contributed by atoms with Crippen LogP contribution in [-0.4, -0.2) is 32.6 Å². The summed E-state index contributed by atoms with van der Waals surface area (Å²) >= 11 is 0. The van der Waals surface area contributed by atoms with Gasteiger partial charge in [-0.25, -0.2) is 0 Å². The SMILES string of the molecule is Cc1nnc2n1C[C@H](NC(=O)C[C@@H]1C(=O)Nc3ccccc31)CC2. The largest absolute Gasteiger partial charge is 0.352 e. The molecule has 4 rings (SSSR count). The quantitative estimate of drug-likeness (QED) is 0.886. The molecule has 0 spiro atoms. The summed E-state index contributed by atoms with van der Waals surface area (Å²) in [5.74, 6) is 1.24. The maximum atomic E-state index is 12.4. The van der Waals surface area contributed by atoms with E-state index in [1.54, 1.807) is 0 Å². The molecule has 1 aromatic carbocycles. The van der Waals surface area contributed by atoms with E-state index in [4.69, 9.17) is 0 Å². The van der Waals surface area contributed by atoms with E-state index in [1.165, 1.54) is 0 Å². The van der Waals surface area contributed by atoms with Crippen LogP contribution in [0.2, 0.25) is 0 Å². The number of hydrogen-bond donors (Lipinski definition) is 2. The Balaban J connectivity index is 1.41. The predicted octanol–water partition coefficient (Wildman–Crippen LogP) is 1.14. The van der Waals surface area contributed by atoms with Gasteiger partial charge in [0.25, 0.3) is 0 Å². The number of aromatic nitrogens is 3. The first kappa shape index (κ1) is 14.9. The number of carbonyl (C=O) groups excluding carboxylic acids is 2. The normalized spacial score (nSPS) is 21.8. The van der Waals surface area contributed by atoms with Crippen molar-refractivity contribution in [2.45, 2.75) is 44.7 Å². The highest BCUT2D eigenvalue weighted by molar-refractivity contribution is 6.04. The first-order valence-electron chi connectivity index (χ1n) is 8.19. The summed E-state index contributed by atoms with van der Waals surface area (Å²) in [6, 6.07) is 7.59. The van der Waals surface area contributed by atoms with Crippen molar-refractivity contribution >= 4 is 17.5 Å². The second kappa shape index (κ2) is 5.74. The van der Waals surface area contributed by atoms with Crippen molar-refractivity contribution in [2.75, 3.05) is 5.32 Å². The summed E-state index contributed by atoms with van der Waals surface area (Å²) in [7, 11) is 0. The van der Waals surface area contributed by atoms with Crippen LogP contribution in [-0.2, 0) is 22.6 Å². The lowest BCUT2D eigenvalue weighted by atomic mass is 9.96. The number of nitrogens with one attached hydrogen (secondary N) is 2. The predicted molar refractivity (Wildman–Crippen MR) is 87.4 cm³/mol. The summed E-state index contributed by atoms with van der Waals surface area (Å²) in [6.45, 7) is 2.61. The minimum Gasteiger partial charge on any atom is -0.352 e. The zero-order valence-corrected chi connectivity index (χ0v) is 13.5. The lowest BCUT2D eigenvalue weighted by molar-refractivity contribution is -0.125. The van der Waals surface area contributed by atoms with Gasteiger partial charge in [0.05, 0.1) is 5.92 Å². The van der Waals surface area contributed by atoms with Gasteiger partial charge in [0.15, 0.2) is 0 Å². The Bertz CT molecular complexity index is 813. The zero-order chi connectivity index (χ0) is 16.7. The van der Waals surface area contributed by atoms with Gasteiger partial charge in [-0.05, 0) is 25.0 Å². The smallest absolute Gasteiger partial charge is 0.232 e. The molecule has 2 aliphatic heterocycles. The highest BCUT2D eigenvalue weighted by Gasteiger charge is 2.32. The number of carbonyl (C=O) groups is 2. The molecule has 0 aliphatic carbocycles. The number of amides is 2. The second-order valence-corrected chi connectivity index (χ2v) is 6.41. The monoisotopic (exact) mass is 325 g/mol. The fraction of sp³-hybridized carbons (Fsp3) is 0.412. The van der Waals surface area contributed by atoms with E-state index in [-0.39, 0.29) is 24.3 Å². The van der Waals surface area contributed by atoms with Crippen LogP contribution < -0.4 is 10.6 Å². The van der Waals surface area contributed by atoms with E-state index in [1.807, 2.05) is 35.8 Å². The van der Waals surface area contributed by atoms with Crippen LogP contribution in [0.25, 0.3) is 0 Å². The molecule has 124 valence electrons. The van der Waals surface area contributed by atoms with Crippen LogP contribution in [0.4, 0.5) is 5.69 Å². The van der Waals surface area contributed by atoms with Gasteiger partial charge in [-0.3, -0.25) is 9.59 Å². The van der Waals surface area contributed by atoms with Crippen LogP contribution in [0.3, 0.4) is 0 Å². The van der Waals surface area contributed by atoms with E-state index in [0.29, 0.717) is 6.54 Å². The third kappa shape index (κ3) is 2.55. The Kier molecular flexibility index (Phi) is 3.55. The number of rotatable bonds is 3. The maximum Gasteiger partial charge on any atom is 0.232 e. The Labute approximate surface area is 139 Å². The number of benzene rings is 1. The van der Waals surface area contributed by atoms with Crippen molar-refractivity contribution in [3.8, 4) is 0 Å². The van der Waals surface area contributed by atoms with Crippen molar-refractivity contribution in [2.24, 2.45) is 0 Å². The second-order valence-electron chi connectivity index (χ2n) is 6.41. The number of aryl methyl sites for hydroxylation is 2. The summed E-state index contributed by atoms with van der Waals surface area (Å²) in [6.07, 6.45) is 1.82.